The Morgan fingerprint density at radius 3 is 2.33 bits per heavy atom. The Hall–Kier alpha value is -0.0800. The van der Waals surface area contributed by atoms with Gasteiger partial charge < -0.3 is 9.47 Å². The summed E-state index contributed by atoms with van der Waals surface area (Å²) in [6.45, 7) is 6.36. The average molecular weight is 170 g/mol. The molecule has 0 N–H and O–H groups in total. The summed E-state index contributed by atoms with van der Waals surface area (Å²) < 4.78 is 11.4. The molecule has 0 radical (unpaired) electrons. The monoisotopic (exact) mass is 170 g/mol. The van der Waals surface area contributed by atoms with E-state index >= 15 is 0 Å². The zero-order valence-corrected chi connectivity index (χ0v) is 8.06. The molecule has 2 aliphatic rings. The molecular formula is C10H18O2. The molecular weight excluding hydrogens is 152 g/mol. The van der Waals surface area contributed by atoms with E-state index in [4.69, 9.17) is 9.47 Å². The second kappa shape index (κ2) is 2.71. The first-order valence-corrected chi connectivity index (χ1v) is 4.90. The molecule has 2 heteroatoms. The molecule has 0 aromatic heterocycles. The Balaban J connectivity index is 2.07. The lowest BCUT2D eigenvalue weighted by Gasteiger charge is -2.41. The van der Waals surface area contributed by atoms with Crippen molar-refractivity contribution in [1.82, 2.24) is 0 Å². The maximum atomic E-state index is 5.74. The third-order valence-corrected chi connectivity index (χ3v) is 2.96. The number of hydrogen-bond donors (Lipinski definition) is 0. The van der Waals surface area contributed by atoms with Crippen LogP contribution >= 0.6 is 0 Å². The molecule has 0 saturated carbocycles. The molecule has 2 saturated heterocycles. The van der Waals surface area contributed by atoms with E-state index in [1.807, 2.05) is 0 Å². The van der Waals surface area contributed by atoms with Crippen molar-refractivity contribution in [2.45, 2.75) is 45.3 Å². The minimum absolute atomic E-state index is 0.193. The van der Waals surface area contributed by atoms with E-state index in [9.17, 15) is 0 Å². The maximum Gasteiger partial charge on any atom is 0.168 e. The molecule has 2 rings (SSSR count). The van der Waals surface area contributed by atoms with E-state index in [0.29, 0.717) is 5.41 Å². The summed E-state index contributed by atoms with van der Waals surface area (Å²) in [5.41, 5.74) is 0.405. The molecule has 0 aromatic carbocycles. The van der Waals surface area contributed by atoms with Crippen LogP contribution in [0.2, 0.25) is 0 Å². The van der Waals surface area contributed by atoms with Gasteiger partial charge in [0.1, 0.15) is 0 Å². The van der Waals surface area contributed by atoms with Gasteiger partial charge in [-0.25, -0.2) is 0 Å². The third-order valence-electron chi connectivity index (χ3n) is 2.96. The van der Waals surface area contributed by atoms with Gasteiger partial charge in [-0.15, -0.1) is 0 Å². The van der Waals surface area contributed by atoms with Crippen LogP contribution in [0.15, 0.2) is 0 Å². The van der Waals surface area contributed by atoms with E-state index in [-0.39, 0.29) is 5.79 Å². The Morgan fingerprint density at radius 2 is 1.75 bits per heavy atom. The molecule has 1 spiro atoms. The van der Waals surface area contributed by atoms with E-state index < -0.39 is 0 Å². The van der Waals surface area contributed by atoms with Gasteiger partial charge in [0.2, 0.25) is 0 Å². The number of rotatable bonds is 0. The van der Waals surface area contributed by atoms with Crippen LogP contribution in [0.1, 0.15) is 39.5 Å². The van der Waals surface area contributed by atoms with Gasteiger partial charge in [0.05, 0.1) is 13.2 Å². The predicted molar refractivity (Wildman–Crippen MR) is 46.9 cm³/mol. The van der Waals surface area contributed by atoms with Gasteiger partial charge in [-0.3, -0.25) is 0 Å². The fraction of sp³-hybridized carbons (Fsp3) is 1.00. The highest BCUT2D eigenvalue weighted by Crippen LogP contribution is 2.43. The summed E-state index contributed by atoms with van der Waals surface area (Å²) in [5.74, 6) is -0.193. The Labute approximate surface area is 74.2 Å². The van der Waals surface area contributed by atoms with Gasteiger partial charge in [-0.1, -0.05) is 13.8 Å². The summed E-state index contributed by atoms with van der Waals surface area (Å²) in [5, 5.41) is 0. The van der Waals surface area contributed by atoms with Gasteiger partial charge >= 0.3 is 0 Å². The smallest absolute Gasteiger partial charge is 0.168 e. The number of hydrogen-bond acceptors (Lipinski definition) is 2. The molecule has 0 aromatic rings. The van der Waals surface area contributed by atoms with Crippen LogP contribution < -0.4 is 0 Å². The standard InChI is InChI=1S/C10H18O2/c1-9(2)5-7-12-10(8-9)4-3-6-11-10/h3-8H2,1-2H3. The fourth-order valence-electron chi connectivity index (χ4n) is 2.31. The van der Waals surface area contributed by atoms with Crippen molar-refractivity contribution in [3.63, 3.8) is 0 Å². The van der Waals surface area contributed by atoms with Crippen molar-refractivity contribution < 1.29 is 9.47 Å². The molecule has 0 aliphatic carbocycles. The summed E-state index contributed by atoms with van der Waals surface area (Å²) in [4.78, 5) is 0. The highest BCUT2D eigenvalue weighted by Gasteiger charge is 2.44. The Morgan fingerprint density at radius 1 is 1.00 bits per heavy atom. The molecule has 2 nitrogen and oxygen atoms in total. The van der Waals surface area contributed by atoms with Crippen molar-refractivity contribution in [3.05, 3.63) is 0 Å². The molecule has 1 atom stereocenters. The van der Waals surface area contributed by atoms with Crippen LogP contribution in [0.4, 0.5) is 0 Å². The second-order valence-electron chi connectivity index (χ2n) is 4.80. The molecule has 0 bridgehead atoms. The van der Waals surface area contributed by atoms with Crippen molar-refractivity contribution in [1.29, 1.82) is 0 Å². The van der Waals surface area contributed by atoms with Crippen LogP contribution in [0.3, 0.4) is 0 Å². The van der Waals surface area contributed by atoms with Crippen molar-refractivity contribution >= 4 is 0 Å². The lowest BCUT2D eigenvalue weighted by atomic mass is 9.79. The maximum absolute atomic E-state index is 5.74. The minimum Gasteiger partial charge on any atom is -0.350 e. The summed E-state index contributed by atoms with van der Waals surface area (Å²) in [7, 11) is 0. The summed E-state index contributed by atoms with van der Waals surface area (Å²) in [6, 6.07) is 0. The lowest BCUT2D eigenvalue weighted by molar-refractivity contribution is -0.251. The third kappa shape index (κ3) is 1.50. The Bertz CT molecular complexity index is 169. The van der Waals surface area contributed by atoms with E-state index in [0.717, 1.165) is 38.9 Å². The average Bonchev–Trinajstić information content (AvgIpc) is 2.34. The van der Waals surface area contributed by atoms with Crippen LogP contribution in [-0.4, -0.2) is 19.0 Å². The first kappa shape index (κ1) is 8.52. The highest BCUT2D eigenvalue weighted by atomic mass is 16.7. The summed E-state index contributed by atoms with van der Waals surface area (Å²) >= 11 is 0. The predicted octanol–water partition coefficient (Wildman–Crippen LogP) is 2.33. The SMILES string of the molecule is CC1(C)CCOC2(CCCO2)C1. The normalized spacial score (nSPS) is 40.5. The highest BCUT2D eigenvalue weighted by molar-refractivity contribution is 4.86. The van der Waals surface area contributed by atoms with E-state index in [2.05, 4.69) is 13.8 Å². The van der Waals surface area contributed by atoms with E-state index in [1.54, 1.807) is 0 Å². The van der Waals surface area contributed by atoms with Gasteiger partial charge in [-0.05, 0) is 18.3 Å². The van der Waals surface area contributed by atoms with Crippen LogP contribution in [0.5, 0.6) is 0 Å². The molecule has 0 amide bonds. The molecule has 2 fully saturated rings. The van der Waals surface area contributed by atoms with Crippen molar-refractivity contribution in [3.8, 4) is 0 Å². The molecule has 2 aliphatic heterocycles. The molecule has 12 heavy (non-hydrogen) atoms. The zero-order chi connectivity index (χ0) is 8.66. The van der Waals surface area contributed by atoms with E-state index in [1.165, 1.54) is 0 Å². The van der Waals surface area contributed by atoms with Gasteiger partial charge in [0.25, 0.3) is 0 Å². The molecule has 70 valence electrons. The molecule has 2 heterocycles. The van der Waals surface area contributed by atoms with Gasteiger partial charge in [-0.2, -0.15) is 0 Å². The van der Waals surface area contributed by atoms with Gasteiger partial charge in [0, 0.05) is 12.8 Å². The quantitative estimate of drug-likeness (QED) is 0.555. The topological polar surface area (TPSA) is 18.5 Å². The first-order chi connectivity index (χ1) is 5.62. The molecule has 1 unspecified atom stereocenters. The fourth-order valence-corrected chi connectivity index (χ4v) is 2.31. The van der Waals surface area contributed by atoms with Crippen LogP contribution in [0.25, 0.3) is 0 Å². The summed E-state index contributed by atoms with van der Waals surface area (Å²) in [6.07, 6.45) is 4.49. The second-order valence-corrected chi connectivity index (χ2v) is 4.80. The van der Waals surface area contributed by atoms with Crippen LogP contribution in [0, 0.1) is 5.41 Å². The van der Waals surface area contributed by atoms with Crippen LogP contribution in [-0.2, 0) is 9.47 Å². The zero-order valence-electron chi connectivity index (χ0n) is 8.06. The lowest BCUT2D eigenvalue weighted by Crippen LogP contribution is -2.42. The number of ether oxygens (including phenoxy) is 2. The first-order valence-electron chi connectivity index (χ1n) is 4.90. The van der Waals surface area contributed by atoms with Crippen molar-refractivity contribution in [2.75, 3.05) is 13.2 Å². The largest absolute Gasteiger partial charge is 0.350 e. The minimum atomic E-state index is -0.193. The van der Waals surface area contributed by atoms with Gasteiger partial charge in [0.15, 0.2) is 5.79 Å². The Kier molecular flexibility index (Phi) is 1.92. The van der Waals surface area contributed by atoms with Crippen molar-refractivity contribution in [2.24, 2.45) is 5.41 Å².